The second-order valence-electron chi connectivity index (χ2n) is 4.06. The van der Waals surface area contributed by atoms with Gasteiger partial charge in [0.15, 0.2) is 0 Å². The van der Waals surface area contributed by atoms with Crippen molar-refractivity contribution in [3.8, 4) is 0 Å². The summed E-state index contributed by atoms with van der Waals surface area (Å²) in [6.07, 6.45) is 5.14. The number of rotatable bonds is 1. The third-order valence-corrected chi connectivity index (χ3v) is 3.16. The zero-order valence-corrected chi connectivity index (χ0v) is 8.39. The summed E-state index contributed by atoms with van der Waals surface area (Å²) in [5.74, 6) is 0. The van der Waals surface area contributed by atoms with E-state index in [0.717, 1.165) is 23.7 Å². The Balaban J connectivity index is 2.25. The van der Waals surface area contributed by atoms with Gasteiger partial charge in [-0.25, -0.2) is 4.98 Å². The van der Waals surface area contributed by atoms with Gasteiger partial charge in [0, 0.05) is 6.04 Å². The molecule has 1 heterocycles. The largest absolute Gasteiger partial charge is 0.296 e. The highest BCUT2D eigenvalue weighted by Crippen LogP contribution is 2.30. The number of aromatic nitrogens is 2. The van der Waals surface area contributed by atoms with Gasteiger partial charge < -0.3 is 0 Å². The molecule has 0 atom stereocenters. The Morgan fingerprint density at radius 3 is 2.80 bits per heavy atom. The second kappa shape index (κ2) is 3.19. The smallest absolute Gasteiger partial charge is 0.261 e. The summed E-state index contributed by atoms with van der Waals surface area (Å²) in [7, 11) is 0. The van der Waals surface area contributed by atoms with Crippen molar-refractivity contribution in [3.63, 3.8) is 0 Å². The summed E-state index contributed by atoms with van der Waals surface area (Å²) in [6.45, 7) is 0. The SMILES string of the molecule is O=c1c2ccccc2ncn1C1CCC1. The molecule has 1 saturated carbocycles. The minimum Gasteiger partial charge on any atom is -0.296 e. The van der Waals surface area contributed by atoms with Gasteiger partial charge in [-0.05, 0) is 31.4 Å². The average molecular weight is 200 g/mol. The van der Waals surface area contributed by atoms with Crippen molar-refractivity contribution in [2.24, 2.45) is 0 Å². The molecule has 3 heteroatoms. The van der Waals surface area contributed by atoms with Crippen LogP contribution in [0.15, 0.2) is 35.4 Å². The van der Waals surface area contributed by atoms with Crippen LogP contribution >= 0.6 is 0 Å². The van der Waals surface area contributed by atoms with Gasteiger partial charge in [0.25, 0.3) is 5.56 Å². The highest BCUT2D eigenvalue weighted by atomic mass is 16.1. The minimum absolute atomic E-state index is 0.102. The zero-order valence-electron chi connectivity index (χ0n) is 8.39. The molecule has 15 heavy (non-hydrogen) atoms. The molecule has 0 bridgehead atoms. The van der Waals surface area contributed by atoms with Crippen LogP contribution in [0.3, 0.4) is 0 Å². The predicted molar refractivity (Wildman–Crippen MR) is 58.9 cm³/mol. The normalized spacial score (nSPS) is 16.5. The summed E-state index contributed by atoms with van der Waals surface area (Å²) < 4.78 is 1.78. The quantitative estimate of drug-likeness (QED) is 0.706. The van der Waals surface area contributed by atoms with Crippen molar-refractivity contribution in [1.82, 2.24) is 9.55 Å². The van der Waals surface area contributed by atoms with Gasteiger partial charge in [-0.3, -0.25) is 9.36 Å². The fourth-order valence-corrected chi connectivity index (χ4v) is 2.01. The van der Waals surface area contributed by atoms with Gasteiger partial charge in [-0.2, -0.15) is 0 Å². The molecule has 1 fully saturated rings. The van der Waals surface area contributed by atoms with E-state index < -0.39 is 0 Å². The third-order valence-electron chi connectivity index (χ3n) is 3.16. The first-order chi connectivity index (χ1) is 7.36. The maximum Gasteiger partial charge on any atom is 0.261 e. The molecule has 1 aromatic carbocycles. The lowest BCUT2D eigenvalue weighted by atomic mass is 9.93. The van der Waals surface area contributed by atoms with Crippen LogP contribution < -0.4 is 5.56 Å². The summed E-state index contributed by atoms with van der Waals surface area (Å²) in [5.41, 5.74) is 0.892. The molecule has 3 nitrogen and oxygen atoms in total. The number of fused-ring (bicyclic) bond motifs is 1. The topological polar surface area (TPSA) is 34.9 Å². The molecule has 0 spiro atoms. The van der Waals surface area contributed by atoms with Crippen LogP contribution in [0.5, 0.6) is 0 Å². The maximum absolute atomic E-state index is 12.1. The van der Waals surface area contributed by atoms with Crippen molar-refractivity contribution < 1.29 is 0 Å². The summed E-state index contributed by atoms with van der Waals surface area (Å²) >= 11 is 0. The fourth-order valence-electron chi connectivity index (χ4n) is 2.01. The highest BCUT2D eigenvalue weighted by Gasteiger charge is 2.20. The number of para-hydroxylation sites is 1. The van der Waals surface area contributed by atoms with Gasteiger partial charge in [-0.15, -0.1) is 0 Å². The average Bonchev–Trinajstić information content (AvgIpc) is 2.20. The number of hydrogen-bond acceptors (Lipinski definition) is 2. The van der Waals surface area contributed by atoms with E-state index in [1.807, 2.05) is 24.3 Å². The molecular weight excluding hydrogens is 188 g/mol. The van der Waals surface area contributed by atoms with Crippen LogP contribution in [0.2, 0.25) is 0 Å². The van der Waals surface area contributed by atoms with Gasteiger partial charge in [0.1, 0.15) is 0 Å². The van der Waals surface area contributed by atoms with Crippen LogP contribution in [0.25, 0.3) is 10.9 Å². The molecule has 0 unspecified atom stereocenters. The minimum atomic E-state index is 0.102. The maximum atomic E-state index is 12.1. The molecule has 3 rings (SSSR count). The van der Waals surface area contributed by atoms with Crippen LogP contribution in [-0.2, 0) is 0 Å². The second-order valence-corrected chi connectivity index (χ2v) is 4.06. The van der Waals surface area contributed by atoms with Crippen molar-refractivity contribution in [1.29, 1.82) is 0 Å². The Kier molecular flexibility index (Phi) is 1.84. The Morgan fingerprint density at radius 2 is 2.07 bits per heavy atom. The zero-order chi connectivity index (χ0) is 10.3. The van der Waals surface area contributed by atoms with Crippen molar-refractivity contribution in [2.45, 2.75) is 25.3 Å². The van der Waals surface area contributed by atoms with Crippen molar-refractivity contribution >= 4 is 10.9 Å². The van der Waals surface area contributed by atoms with Crippen LogP contribution in [0, 0.1) is 0 Å². The third kappa shape index (κ3) is 1.27. The molecule has 0 saturated heterocycles. The molecule has 1 aromatic heterocycles. The van der Waals surface area contributed by atoms with E-state index in [-0.39, 0.29) is 5.56 Å². The van der Waals surface area contributed by atoms with E-state index in [4.69, 9.17) is 0 Å². The summed E-state index contributed by atoms with van der Waals surface area (Å²) in [6, 6.07) is 7.90. The number of hydrogen-bond donors (Lipinski definition) is 0. The van der Waals surface area contributed by atoms with E-state index >= 15 is 0 Å². The van der Waals surface area contributed by atoms with E-state index in [2.05, 4.69) is 4.98 Å². The molecule has 1 aliphatic rings. The van der Waals surface area contributed by atoms with Crippen LogP contribution in [0.4, 0.5) is 0 Å². The molecular formula is C12H12N2O. The van der Waals surface area contributed by atoms with E-state index in [9.17, 15) is 4.79 Å². The van der Waals surface area contributed by atoms with Gasteiger partial charge in [0.05, 0.1) is 17.2 Å². The van der Waals surface area contributed by atoms with Gasteiger partial charge in [-0.1, -0.05) is 12.1 Å². The first-order valence-corrected chi connectivity index (χ1v) is 5.32. The number of nitrogens with zero attached hydrogens (tertiary/aromatic N) is 2. The van der Waals surface area contributed by atoms with Crippen molar-refractivity contribution in [3.05, 3.63) is 40.9 Å². The van der Waals surface area contributed by atoms with Gasteiger partial charge in [0.2, 0.25) is 0 Å². The lowest BCUT2D eigenvalue weighted by Crippen LogP contribution is -2.29. The highest BCUT2D eigenvalue weighted by molar-refractivity contribution is 5.76. The molecule has 76 valence electrons. The molecule has 0 amide bonds. The van der Waals surface area contributed by atoms with E-state index in [1.165, 1.54) is 6.42 Å². The summed E-state index contributed by atoms with van der Waals surface area (Å²) in [4.78, 5) is 16.4. The van der Waals surface area contributed by atoms with Gasteiger partial charge >= 0.3 is 0 Å². The Labute approximate surface area is 87.4 Å². The monoisotopic (exact) mass is 200 g/mol. The summed E-state index contributed by atoms with van der Waals surface area (Å²) in [5, 5.41) is 0.729. The molecule has 0 radical (unpaired) electrons. The van der Waals surface area contributed by atoms with Crippen LogP contribution in [0.1, 0.15) is 25.3 Å². The Hall–Kier alpha value is -1.64. The predicted octanol–water partition coefficient (Wildman–Crippen LogP) is 2.12. The van der Waals surface area contributed by atoms with E-state index in [0.29, 0.717) is 6.04 Å². The Morgan fingerprint density at radius 1 is 1.27 bits per heavy atom. The molecule has 0 aliphatic heterocycles. The molecule has 1 aliphatic carbocycles. The van der Waals surface area contributed by atoms with E-state index in [1.54, 1.807) is 10.9 Å². The molecule has 2 aromatic rings. The van der Waals surface area contributed by atoms with Crippen molar-refractivity contribution in [2.75, 3.05) is 0 Å². The Bertz CT molecular complexity index is 555. The lowest BCUT2D eigenvalue weighted by Gasteiger charge is -2.27. The standard InChI is InChI=1S/C12H12N2O/c15-12-10-6-1-2-7-11(10)13-8-14(12)9-4-3-5-9/h1-2,6-9H,3-5H2. The first-order valence-electron chi connectivity index (χ1n) is 5.32. The fraction of sp³-hybridized carbons (Fsp3) is 0.333. The number of benzene rings is 1. The molecule has 0 N–H and O–H groups in total. The lowest BCUT2D eigenvalue weighted by molar-refractivity contribution is 0.305. The first kappa shape index (κ1) is 8.65. The van der Waals surface area contributed by atoms with Crippen LogP contribution in [-0.4, -0.2) is 9.55 Å².